The summed E-state index contributed by atoms with van der Waals surface area (Å²) in [6.07, 6.45) is 0. The molecule has 0 radical (unpaired) electrons. The summed E-state index contributed by atoms with van der Waals surface area (Å²) in [6.45, 7) is 11.0. The van der Waals surface area contributed by atoms with Gasteiger partial charge in [-0.15, -0.1) is 0 Å². The first-order chi connectivity index (χ1) is 7.03. The fraction of sp³-hybridized carbons (Fsp3) is 0.909. The molecule has 1 unspecified atom stereocenters. The van der Waals surface area contributed by atoms with Crippen LogP contribution in [-0.2, 0) is 4.74 Å². The lowest BCUT2D eigenvalue weighted by molar-refractivity contribution is -0.00557. The molecule has 0 fully saturated rings. The Morgan fingerprint density at radius 3 is 2.87 bits per heavy atom. The van der Waals surface area contributed by atoms with Crippen LogP contribution in [-0.4, -0.2) is 36.2 Å². The van der Waals surface area contributed by atoms with Crippen LogP contribution in [0.15, 0.2) is 4.99 Å². The van der Waals surface area contributed by atoms with E-state index >= 15 is 0 Å². The summed E-state index contributed by atoms with van der Waals surface area (Å²) in [5.74, 6) is 1.88. The van der Waals surface area contributed by atoms with E-state index in [-0.39, 0.29) is 5.60 Å². The van der Waals surface area contributed by atoms with Crippen LogP contribution >= 0.6 is 11.8 Å². The molecule has 0 aromatic carbocycles. The predicted molar refractivity (Wildman–Crippen MR) is 67.6 cm³/mol. The Kier molecular flexibility index (Phi) is 4.93. The molecule has 0 spiro atoms. The number of amidine groups is 1. The molecule has 0 amide bonds. The van der Waals surface area contributed by atoms with Gasteiger partial charge >= 0.3 is 0 Å². The molecule has 1 N–H and O–H groups in total. The second-order valence-electron chi connectivity index (χ2n) is 4.61. The van der Waals surface area contributed by atoms with E-state index in [2.05, 4.69) is 31.1 Å². The van der Waals surface area contributed by atoms with Crippen LogP contribution in [0.4, 0.5) is 0 Å². The molecule has 4 heteroatoms. The number of thioether (sulfide) groups is 1. The van der Waals surface area contributed by atoms with Crippen LogP contribution in [0.1, 0.15) is 27.7 Å². The van der Waals surface area contributed by atoms with Gasteiger partial charge in [0.2, 0.25) is 0 Å². The molecule has 1 aliphatic rings. The topological polar surface area (TPSA) is 33.6 Å². The zero-order valence-electron chi connectivity index (χ0n) is 10.2. The van der Waals surface area contributed by atoms with Gasteiger partial charge in [-0.05, 0) is 26.7 Å². The maximum atomic E-state index is 5.61. The van der Waals surface area contributed by atoms with E-state index in [0.717, 1.165) is 24.9 Å². The van der Waals surface area contributed by atoms with E-state index in [1.165, 1.54) is 5.75 Å². The van der Waals surface area contributed by atoms with Crippen molar-refractivity contribution in [2.45, 2.75) is 33.3 Å². The van der Waals surface area contributed by atoms with Gasteiger partial charge in [-0.2, -0.15) is 0 Å². The predicted octanol–water partition coefficient (Wildman–Crippen LogP) is 2.13. The molecule has 88 valence electrons. The minimum Gasteiger partial charge on any atom is -0.374 e. The summed E-state index contributed by atoms with van der Waals surface area (Å²) < 4.78 is 5.61. The van der Waals surface area contributed by atoms with Crippen molar-refractivity contribution in [2.75, 3.05) is 25.4 Å². The third kappa shape index (κ3) is 4.89. The number of nitrogens with one attached hydrogen (secondary N) is 1. The van der Waals surface area contributed by atoms with Crippen LogP contribution < -0.4 is 5.32 Å². The van der Waals surface area contributed by atoms with Crippen molar-refractivity contribution in [1.82, 2.24) is 5.32 Å². The van der Waals surface area contributed by atoms with Gasteiger partial charge in [0.05, 0.1) is 5.60 Å². The molecular weight excluding hydrogens is 208 g/mol. The standard InChI is InChI=1S/C11H22N2OS/c1-5-14-11(3,4)8-13-10-12-6-9(2)7-15-10/h9H,5-8H2,1-4H3,(H,12,13). The third-order valence-electron chi connectivity index (χ3n) is 2.25. The second-order valence-corrected chi connectivity index (χ2v) is 5.62. The molecule has 15 heavy (non-hydrogen) atoms. The fourth-order valence-electron chi connectivity index (χ4n) is 1.40. The minimum atomic E-state index is -0.110. The fourth-order valence-corrected chi connectivity index (χ4v) is 2.28. The van der Waals surface area contributed by atoms with E-state index in [1.807, 2.05) is 18.7 Å². The summed E-state index contributed by atoms with van der Waals surface area (Å²) in [5, 5.41) is 4.43. The van der Waals surface area contributed by atoms with Gasteiger partial charge in [-0.3, -0.25) is 4.99 Å². The van der Waals surface area contributed by atoms with Crippen molar-refractivity contribution < 1.29 is 4.74 Å². The lowest BCUT2D eigenvalue weighted by Crippen LogP contribution is -2.40. The number of hydrogen-bond donors (Lipinski definition) is 1. The molecule has 3 nitrogen and oxygen atoms in total. The molecule has 0 saturated carbocycles. The zero-order valence-corrected chi connectivity index (χ0v) is 11.0. The van der Waals surface area contributed by atoms with E-state index < -0.39 is 0 Å². The van der Waals surface area contributed by atoms with Gasteiger partial charge in [0.1, 0.15) is 0 Å². The molecular formula is C11H22N2OS. The first-order valence-electron chi connectivity index (χ1n) is 5.58. The quantitative estimate of drug-likeness (QED) is 0.803. The molecule has 0 bridgehead atoms. The van der Waals surface area contributed by atoms with Crippen molar-refractivity contribution in [3.63, 3.8) is 0 Å². The van der Waals surface area contributed by atoms with Crippen LogP contribution in [0, 0.1) is 5.92 Å². The van der Waals surface area contributed by atoms with Crippen molar-refractivity contribution in [2.24, 2.45) is 10.9 Å². The van der Waals surface area contributed by atoms with Gasteiger partial charge in [0, 0.05) is 25.4 Å². The summed E-state index contributed by atoms with van der Waals surface area (Å²) in [4.78, 5) is 4.49. The first-order valence-corrected chi connectivity index (χ1v) is 6.57. The largest absolute Gasteiger partial charge is 0.374 e. The number of hydrogen-bond acceptors (Lipinski definition) is 4. The van der Waals surface area contributed by atoms with Crippen LogP contribution in [0.3, 0.4) is 0 Å². The Hall–Kier alpha value is -0.220. The molecule has 1 heterocycles. The second kappa shape index (κ2) is 5.75. The summed E-state index contributed by atoms with van der Waals surface area (Å²) >= 11 is 1.81. The van der Waals surface area contributed by atoms with Gasteiger partial charge < -0.3 is 10.1 Å². The molecule has 1 rings (SSSR count). The number of aliphatic imine (C=N–C) groups is 1. The normalized spacial score (nSPS) is 22.4. The Balaban J connectivity index is 2.30. The lowest BCUT2D eigenvalue weighted by Gasteiger charge is -2.27. The van der Waals surface area contributed by atoms with Crippen LogP contribution in [0.5, 0.6) is 0 Å². The molecule has 0 saturated heterocycles. The van der Waals surface area contributed by atoms with Crippen molar-refractivity contribution in [3.05, 3.63) is 0 Å². The monoisotopic (exact) mass is 230 g/mol. The van der Waals surface area contributed by atoms with E-state index in [1.54, 1.807) is 0 Å². The Morgan fingerprint density at radius 1 is 1.60 bits per heavy atom. The zero-order chi connectivity index (χ0) is 11.3. The maximum Gasteiger partial charge on any atom is 0.156 e. The van der Waals surface area contributed by atoms with Crippen molar-refractivity contribution in [1.29, 1.82) is 0 Å². The minimum absolute atomic E-state index is 0.110. The maximum absolute atomic E-state index is 5.61. The summed E-state index contributed by atoms with van der Waals surface area (Å²) in [7, 11) is 0. The highest BCUT2D eigenvalue weighted by molar-refractivity contribution is 8.13. The first kappa shape index (κ1) is 12.8. The van der Waals surface area contributed by atoms with E-state index in [4.69, 9.17) is 4.74 Å². The van der Waals surface area contributed by atoms with Gasteiger partial charge in [-0.1, -0.05) is 18.7 Å². The van der Waals surface area contributed by atoms with Gasteiger partial charge in [-0.25, -0.2) is 0 Å². The highest BCUT2D eigenvalue weighted by atomic mass is 32.2. The molecule has 0 aromatic heterocycles. The Morgan fingerprint density at radius 2 is 2.33 bits per heavy atom. The third-order valence-corrected chi connectivity index (χ3v) is 3.53. The van der Waals surface area contributed by atoms with Gasteiger partial charge in [0.25, 0.3) is 0 Å². The Labute approximate surface area is 97.1 Å². The average Bonchev–Trinajstić information content (AvgIpc) is 2.17. The lowest BCUT2D eigenvalue weighted by atomic mass is 10.1. The van der Waals surface area contributed by atoms with Crippen molar-refractivity contribution in [3.8, 4) is 0 Å². The molecule has 0 aliphatic carbocycles. The molecule has 0 aromatic rings. The Bertz CT molecular complexity index is 229. The number of nitrogens with zero attached hydrogens (tertiary/aromatic N) is 1. The van der Waals surface area contributed by atoms with Crippen molar-refractivity contribution >= 4 is 16.9 Å². The smallest absolute Gasteiger partial charge is 0.156 e. The highest BCUT2D eigenvalue weighted by Gasteiger charge is 2.19. The summed E-state index contributed by atoms with van der Waals surface area (Å²) in [6, 6.07) is 0. The van der Waals surface area contributed by atoms with Gasteiger partial charge in [0.15, 0.2) is 5.17 Å². The highest BCUT2D eigenvalue weighted by Crippen LogP contribution is 2.16. The van der Waals surface area contributed by atoms with Crippen LogP contribution in [0.25, 0.3) is 0 Å². The number of ether oxygens (including phenoxy) is 1. The average molecular weight is 230 g/mol. The SMILES string of the molecule is CCOC(C)(C)CNC1=NCC(C)CS1. The van der Waals surface area contributed by atoms with E-state index in [9.17, 15) is 0 Å². The molecule has 1 aliphatic heterocycles. The summed E-state index contributed by atoms with van der Waals surface area (Å²) in [5.41, 5.74) is -0.110. The van der Waals surface area contributed by atoms with Crippen LogP contribution in [0.2, 0.25) is 0 Å². The molecule has 1 atom stereocenters. The van der Waals surface area contributed by atoms with E-state index in [0.29, 0.717) is 5.92 Å². The number of rotatable bonds is 4.